The molecular formula is C15H24N2O2. The van der Waals surface area contributed by atoms with Crippen LogP contribution in [0.3, 0.4) is 0 Å². The fraction of sp³-hybridized carbons (Fsp3) is 0.600. The molecule has 0 amide bonds. The van der Waals surface area contributed by atoms with Gasteiger partial charge in [0, 0.05) is 24.7 Å². The monoisotopic (exact) mass is 264 g/mol. The van der Waals surface area contributed by atoms with E-state index in [2.05, 4.69) is 30.1 Å². The molecule has 1 aromatic carbocycles. The molecule has 0 aromatic heterocycles. The van der Waals surface area contributed by atoms with Crippen LogP contribution in [0.25, 0.3) is 0 Å². The Morgan fingerprint density at radius 3 is 2.68 bits per heavy atom. The van der Waals surface area contributed by atoms with Crippen LogP contribution in [0.1, 0.15) is 20.3 Å². The highest BCUT2D eigenvalue weighted by atomic mass is 16.5. The minimum atomic E-state index is 0.0517. The molecule has 0 radical (unpaired) electrons. The lowest BCUT2D eigenvalue weighted by Gasteiger charge is -2.39. The first-order chi connectivity index (χ1) is 9.08. The summed E-state index contributed by atoms with van der Waals surface area (Å²) in [5.74, 6) is 1.76. The van der Waals surface area contributed by atoms with Gasteiger partial charge >= 0.3 is 0 Å². The number of benzene rings is 1. The number of rotatable bonds is 3. The average Bonchev–Trinajstić information content (AvgIpc) is 2.58. The summed E-state index contributed by atoms with van der Waals surface area (Å²) in [6, 6.07) is 5.97. The Kier molecular flexibility index (Phi) is 4.20. The SMILES string of the molecule is COc1ccc(OC)c(N2CCCNCC2(C)C)c1. The third kappa shape index (κ3) is 2.95. The van der Waals surface area contributed by atoms with Gasteiger partial charge in [-0.25, -0.2) is 0 Å². The molecule has 0 spiro atoms. The standard InChI is InChI=1S/C15H24N2O2/c1-15(2)11-16-8-5-9-17(15)13-10-12(18-3)6-7-14(13)19-4/h6-7,10,16H,5,8-9,11H2,1-4H3. The molecule has 0 aliphatic carbocycles. The molecule has 1 fully saturated rings. The second-order valence-corrected chi connectivity index (χ2v) is 5.53. The Balaban J connectivity index is 2.42. The highest BCUT2D eigenvalue weighted by Crippen LogP contribution is 2.36. The van der Waals surface area contributed by atoms with Crippen molar-refractivity contribution in [3.63, 3.8) is 0 Å². The number of nitrogens with zero attached hydrogens (tertiary/aromatic N) is 1. The lowest BCUT2D eigenvalue weighted by molar-refractivity contribution is 0.395. The maximum atomic E-state index is 5.51. The van der Waals surface area contributed by atoms with E-state index in [4.69, 9.17) is 9.47 Å². The first-order valence-corrected chi connectivity index (χ1v) is 6.79. The van der Waals surface area contributed by atoms with E-state index in [0.717, 1.165) is 43.2 Å². The van der Waals surface area contributed by atoms with Crippen LogP contribution in [0, 0.1) is 0 Å². The smallest absolute Gasteiger partial charge is 0.142 e. The predicted molar refractivity (Wildman–Crippen MR) is 78.5 cm³/mol. The van der Waals surface area contributed by atoms with Gasteiger partial charge in [0.25, 0.3) is 0 Å². The molecule has 0 bridgehead atoms. The summed E-state index contributed by atoms with van der Waals surface area (Å²) in [5.41, 5.74) is 1.16. The third-order valence-electron chi connectivity index (χ3n) is 3.70. The van der Waals surface area contributed by atoms with Crippen LogP contribution < -0.4 is 19.7 Å². The van der Waals surface area contributed by atoms with Gasteiger partial charge in [-0.15, -0.1) is 0 Å². The highest BCUT2D eigenvalue weighted by molar-refractivity contribution is 5.63. The van der Waals surface area contributed by atoms with Crippen LogP contribution in [0.5, 0.6) is 11.5 Å². The fourth-order valence-electron chi connectivity index (χ4n) is 2.61. The second kappa shape index (κ2) is 5.70. The molecule has 1 heterocycles. The Labute approximate surface area is 115 Å². The van der Waals surface area contributed by atoms with Gasteiger partial charge in [-0.05, 0) is 38.9 Å². The Morgan fingerprint density at radius 1 is 1.21 bits per heavy atom. The van der Waals surface area contributed by atoms with Crippen molar-refractivity contribution >= 4 is 5.69 Å². The number of hydrogen-bond acceptors (Lipinski definition) is 4. The maximum absolute atomic E-state index is 5.51. The van der Waals surface area contributed by atoms with Gasteiger partial charge in [-0.3, -0.25) is 0 Å². The summed E-state index contributed by atoms with van der Waals surface area (Å²) in [4.78, 5) is 2.41. The topological polar surface area (TPSA) is 33.7 Å². The molecule has 1 aliphatic heterocycles. The Hall–Kier alpha value is -1.42. The molecule has 2 rings (SSSR count). The van der Waals surface area contributed by atoms with Gasteiger partial charge in [-0.1, -0.05) is 0 Å². The van der Waals surface area contributed by atoms with E-state index in [0.29, 0.717) is 0 Å². The van der Waals surface area contributed by atoms with Crippen LogP contribution in [0.4, 0.5) is 5.69 Å². The zero-order valence-corrected chi connectivity index (χ0v) is 12.3. The summed E-state index contributed by atoms with van der Waals surface area (Å²) in [7, 11) is 3.41. The molecular weight excluding hydrogens is 240 g/mol. The van der Waals surface area contributed by atoms with Gasteiger partial charge < -0.3 is 19.7 Å². The van der Waals surface area contributed by atoms with Crippen molar-refractivity contribution in [2.75, 3.05) is 38.8 Å². The van der Waals surface area contributed by atoms with E-state index in [9.17, 15) is 0 Å². The summed E-state index contributed by atoms with van der Waals surface area (Å²) in [6.07, 6.45) is 1.13. The van der Waals surface area contributed by atoms with Crippen LogP contribution in [-0.4, -0.2) is 39.4 Å². The fourth-order valence-corrected chi connectivity index (χ4v) is 2.61. The van der Waals surface area contributed by atoms with Crippen molar-refractivity contribution in [2.45, 2.75) is 25.8 Å². The summed E-state index contributed by atoms with van der Waals surface area (Å²) >= 11 is 0. The number of hydrogen-bond donors (Lipinski definition) is 1. The maximum Gasteiger partial charge on any atom is 0.142 e. The number of methoxy groups -OCH3 is 2. The molecule has 4 heteroatoms. The molecule has 0 saturated carbocycles. The molecule has 1 aliphatic rings. The molecule has 19 heavy (non-hydrogen) atoms. The van der Waals surface area contributed by atoms with Crippen LogP contribution in [0.2, 0.25) is 0 Å². The quantitative estimate of drug-likeness (QED) is 0.908. The number of ether oxygens (including phenoxy) is 2. The predicted octanol–water partition coefficient (Wildman–Crippen LogP) is 2.28. The second-order valence-electron chi connectivity index (χ2n) is 5.53. The zero-order chi connectivity index (χ0) is 13.9. The van der Waals surface area contributed by atoms with Crippen LogP contribution in [0.15, 0.2) is 18.2 Å². The van der Waals surface area contributed by atoms with E-state index >= 15 is 0 Å². The lowest BCUT2D eigenvalue weighted by Crippen LogP contribution is -2.48. The van der Waals surface area contributed by atoms with Crippen molar-refractivity contribution < 1.29 is 9.47 Å². The van der Waals surface area contributed by atoms with E-state index in [1.165, 1.54) is 0 Å². The van der Waals surface area contributed by atoms with Crippen LogP contribution in [-0.2, 0) is 0 Å². The minimum absolute atomic E-state index is 0.0517. The largest absolute Gasteiger partial charge is 0.497 e. The van der Waals surface area contributed by atoms with Gasteiger partial charge in [0.2, 0.25) is 0 Å². The average molecular weight is 264 g/mol. The van der Waals surface area contributed by atoms with E-state index in [1.807, 2.05) is 12.1 Å². The summed E-state index contributed by atoms with van der Waals surface area (Å²) < 4.78 is 10.9. The molecule has 1 saturated heterocycles. The number of anilines is 1. The van der Waals surface area contributed by atoms with E-state index in [1.54, 1.807) is 14.2 Å². The van der Waals surface area contributed by atoms with E-state index < -0.39 is 0 Å². The third-order valence-corrected chi connectivity index (χ3v) is 3.70. The lowest BCUT2D eigenvalue weighted by atomic mass is 10.0. The van der Waals surface area contributed by atoms with E-state index in [-0.39, 0.29) is 5.54 Å². The van der Waals surface area contributed by atoms with Gasteiger partial charge in [0.1, 0.15) is 11.5 Å². The van der Waals surface area contributed by atoms with Crippen LogP contribution >= 0.6 is 0 Å². The minimum Gasteiger partial charge on any atom is -0.497 e. The highest BCUT2D eigenvalue weighted by Gasteiger charge is 2.30. The molecule has 1 N–H and O–H groups in total. The van der Waals surface area contributed by atoms with Gasteiger partial charge in [-0.2, -0.15) is 0 Å². The summed E-state index contributed by atoms with van der Waals surface area (Å²) in [5, 5.41) is 3.49. The van der Waals surface area contributed by atoms with Crippen molar-refractivity contribution in [3.8, 4) is 11.5 Å². The molecule has 4 nitrogen and oxygen atoms in total. The Bertz CT molecular complexity index is 432. The van der Waals surface area contributed by atoms with Gasteiger partial charge in [0.15, 0.2) is 0 Å². The van der Waals surface area contributed by atoms with Crippen molar-refractivity contribution in [3.05, 3.63) is 18.2 Å². The van der Waals surface area contributed by atoms with Crippen molar-refractivity contribution in [2.24, 2.45) is 0 Å². The number of nitrogens with one attached hydrogen (secondary N) is 1. The molecule has 0 unspecified atom stereocenters. The Morgan fingerprint density at radius 2 is 2.00 bits per heavy atom. The molecule has 1 aromatic rings. The normalized spacial score (nSPS) is 18.8. The first kappa shape index (κ1) is 14.0. The van der Waals surface area contributed by atoms with Crippen molar-refractivity contribution in [1.82, 2.24) is 5.32 Å². The molecule has 106 valence electrons. The zero-order valence-electron chi connectivity index (χ0n) is 12.3. The first-order valence-electron chi connectivity index (χ1n) is 6.79. The molecule has 0 atom stereocenters. The van der Waals surface area contributed by atoms with Crippen molar-refractivity contribution in [1.29, 1.82) is 0 Å². The van der Waals surface area contributed by atoms with Gasteiger partial charge in [0.05, 0.1) is 19.9 Å². The summed E-state index contributed by atoms with van der Waals surface area (Å²) in [6.45, 7) is 7.55.